The first-order valence-electron chi connectivity index (χ1n) is 6.86. The van der Waals surface area contributed by atoms with Crippen LogP contribution in [0.3, 0.4) is 0 Å². The summed E-state index contributed by atoms with van der Waals surface area (Å²) in [4.78, 5) is 11.3. The minimum Gasteiger partial charge on any atom is -0.494 e. The molecule has 0 fully saturated rings. The van der Waals surface area contributed by atoms with Crippen LogP contribution in [0.1, 0.15) is 26.7 Å². The van der Waals surface area contributed by atoms with Crippen LogP contribution in [-0.4, -0.2) is 31.7 Å². The normalized spacial score (nSPS) is 13.6. The average Bonchev–Trinajstić information content (AvgIpc) is 2.44. The molecule has 0 aliphatic heterocycles. The number of nitrogens with one attached hydrogen (secondary N) is 1. The van der Waals surface area contributed by atoms with Crippen molar-refractivity contribution in [3.05, 3.63) is 24.3 Å². The number of ether oxygens (including phenoxy) is 2. The molecular weight excluding hydrogens is 256 g/mol. The highest BCUT2D eigenvalue weighted by Gasteiger charge is 2.28. The van der Waals surface area contributed by atoms with Gasteiger partial charge in [-0.1, -0.05) is 6.07 Å². The van der Waals surface area contributed by atoms with Crippen LogP contribution in [0.4, 0.5) is 0 Å². The van der Waals surface area contributed by atoms with E-state index < -0.39 is 5.54 Å². The highest BCUT2D eigenvalue weighted by molar-refractivity contribution is 5.84. The van der Waals surface area contributed by atoms with Crippen LogP contribution < -0.4 is 20.5 Å². The summed E-state index contributed by atoms with van der Waals surface area (Å²) in [6, 6.07) is 7.52. The third kappa shape index (κ3) is 4.74. The number of carbonyl (C=O) groups is 1. The lowest BCUT2D eigenvalue weighted by Gasteiger charge is -2.25. The van der Waals surface area contributed by atoms with Gasteiger partial charge in [0.1, 0.15) is 11.5 Å². The number of hydrogen-bond donors (Lipinski definition) is 2. The van der Waals surface area contributed by atoms with Gasteiger partial charge in [0.25, 0.3) is 0 Å². The predicted octanol–water partition coefficient (Wildman–Crippen LogP) is 1.71. The van der Waals surface area contributed by atoms with Gasteiger partial charge in [-0.3, -0.25) is 4.79 Å². The summed E-state index contributed by atoms with van der Waals surface area (Å²) in [6.45, 7) is 4.89. The summed E-state index contributed by atoms with van der Waals surface area (Å²) in [5.41, 5.74) is 4.69. The summed E-state index contributed by atoms with van der Waals surface area (Å²) in [5, 5.41) is 2.95. The molecule has 0 saturated heterocycles. The number of benzene rings is 1. The molecule has 0 aromatic heterocycles. The van der Waals surface area contributed by atoms with E-state index in [1.807, 2.05) is 31.2 Å². The Bertz CT molecular complexity index is 437. The summed E-state index contributed by atoms with van der Waals surface area (Å²) in [7, 11) is 1.73. The Hall–Kier alpha value is -1.75. The number of carbonyl (C=O) groups excluding carboxylic acids is 1. The molecule has 0 heterocycles. The molecular formula is C15H24N2O3. The molecule has 1 atom stereocenters. The van der Waals surface area contributed by atoms with E-state index in [1.54, 1.807) is 14.0 Å². The molecule has 1 rings (SSSR count). The molecule has 1 amide bonds. The molecule has 0 aliphatic rings. The first kappa shape index (κ1) is 16.3. The molecule has 5 heteroatoms. The third-order valence-corrected chi connectivity index (χ3v) is 3.30. The zero-order valence-electron chi connectivity index (χ0n) is 12.4. The van der Waals surface area contributed by atoms with Gasteiger partial charge in [0.05, 0.1) is 18.8 Å². The van der Waals surface area contributed by atoms with Crippen LogP contribution in [0, 0.1) is 0 Å². The van der Waals surface area contributed by atoms with E-state index in [-0.39, 0.29) is 5.91 Å². The Morgan fingerprint density at radius 3 is 2.55 bits per heavy atom. The SMILES string of the molecule is CCOc1cccc(OCCCC(C)(NC)C(N)=O)c1. The quantitative estimate of drug-likeness (QED) is 0.675. The first-order chi connectivity index (χ1) is 9.51. The summed E-state index contributed by atoms with van der Waals surface area (Å²) >= 11 is 0. The van der Waals surface area contributed by atoms with Gasteiger partial charge < -0.3 is 20.5 Å². The van der Waals surface area contributed by atoms with Crippen molar-refractivity contribution in [2.75, 3.05) is 20.3 Å². The predicted molar refractivity (Wildman–Crippen MR) is 79.0 cm³/mol. The van der Waals surface area contributed by atoms with E-state index >= 15 is 0 Å². The molecule has 1 unspecified atom stereocenters. The number of nitrogens with two attached hydrogens (primary N) is 1. The van der Waals surface area contributed by atoms with Gasteiger partial charge in [-0.25, -0.2) is 0 Å². The van der Waals surface area contributed by atoms with Crippen molar-refractivity contribution in [1.29, 1.82) is 0 Å². The van der Waals surface area contributed by atoms with Gasteiger partial charge in [-0.15, -0.1) is 0 Å². The van der Waals surface area contributed by atoms with Crippen LogP contribution >= 0.6 is 0 Å². The van der Waals surface area contributed by atoms with Crippen molar-refractivity contribution >= 4 is 5.91 Å². The molecule has 0 bridgehead atoms. The topological polar surface area (TPSA) is 73.6 Å². The Balaban J connectivity index is 2.41. The average molecular weight is 280 g/mol. The van der Waals surface area contributed by atoms with Crippen LogP contribution in [0.2, 0.25) is 0 Å². The summed E-state index contributed by atoms with van der Waals surface area (Å²) in [5.74, 6) is 1.21. The van der Waals surface area contributed by atoms with Gasteiger partial charge >= 0.3 is 0 Å². The number of hydrogen-bond acceptors (Lipinski definition) is 4. The van der Waals surface area contributed by atoms with Gasteiger partial charge in [-0.2, -0.15) is 0 Å². The lowest BCUT2D eigenvalue weighted by molar-refractivity contribution is -0.123. The molecule has 20 heavy (non-hydrogen) atoms. The van der Waals surface area contributed by atoms with Crippen molar-refractivity contribution in [3.8, 4) is 11.5 Å². The lowest BCUT2D eigenvalue weighted by atomic mass is 9.95. The van der Waals surface area contributed by atoms with Crippen molar-refractivity contribution in [2.45, 2.75) is 32.2 Å². The molecule has 0 saturated carbocycles. The second-order valence-corrected chi connectivity index (χ2v) is 4.81. The van der Waals surface area contributed by atoms with E-state index in [0.29, 0.717) is 19.6 Å². The number of primary amides is 1. The first-order valence-corrected chi connectivity index (χ1v) is 6.86. The van der Waals surface area contributed by atoms with Crippen LogP contribution in [0.15, 0.2) is 24.3 Å². The van der Waals surface area contributed by atoms with E-state index in [2.05, 4.69) is 5.32 Å². The minimum atomic E-state index is -0.684. The fourth-order valence-corrected chi connectivity index (χ4v) is 1.81. The number of rotatable bonds is 9. The maximum absolute atomic E-state index is 11.3. The van der Waals surface area contributed by atoms with Gasteiger partial charge in [0, 0.05) is 6.07 Å². The second-order valence-electron chi connectivity index (χ2n) is 4.81. The van der Waals surface area contributed by atoms with Crippen LogP contribution in [0.5, 0.6) is 11.5 Å². The van der Waals surface area contributed by atoms with E-state index in [4.69, 9.17) is 15.2 Å². The zero-order valence-corrected chi connectivity index (χ0v) is 12.4. The van der Waals surface area contributed by atoms with Crippen molar-refractivity contribution in [1.82, 2.24) is 5.32 Å². The Morgan fingerprint density at radius 1 is 1.35 bits per heavy atom. The van der Waals surface area contributed by atoms with Crippen molar-refractivity contribution < 1.29 is 14.3 Å². The molecule has 0 radical (unpaired) electrons. The number of likely N-dealkylation sites (N-methyl/N-ethyl adjacent to an activating group) is 1. The Morgan fingerprint density at radius 2 is 2.00 bits per heavy atom. The largest absolute Gasteiger partial charge is 0.494 e. The summed E-state index contributed by atoms with van der Waals surface area (Å²) in [6.07, 6.45) is 1.36. The second kappa shape index (κ2) is 7.75. The minimum absolute atomic E-state index is 0.349. The molecule has 1 aromatic rings. The van der Waals surface area contributed by atoms with Gasteiger partial charge in [0.15, 0.2) is 0 Å². The number of amides is 1. The third-order valence-electron chi connectivity index (χ3n) is 3.30. The standard InChI is InChI=1S/C15H24N2O3/c1-4-19-12-7-5-8-13(11-12)20-10-6-9-15(2,17-3)14(16)18/h5,7-8,11,17H,4,6,9-10H2,1-3H3,(H2,16,18). The monoisotopic (exact) mass is 280 g/mol. The smallest absolute Gasteiger partial charge is 0.237 e. The fourth-order valence-electron chi connectivity index (χ4n) is 1.81. The van der Waals surface area contributed by atoms with Crippen LogP contribution in [0.25, 0.3) is 0 Å². The van der Waals surface area contributed by atoms with E-state index in [1.165, 1.54) is 0 Å². The van der Waals surface area contributed by atoms with Crippen molar-refractivity contribution in [3.63, 3.8) is 0 Å². The van der Waals surface area contributed by atoms with E-state index in [9.17, 15) is 4.79 Å². The fraction of sp³-hybridized carbons (Fsp3) is 0.533. The molecule has 1 aromatic carbocycles. The molecule has 0 spiro atoms. The molecule has 3 N–H and O–H groups in total. The molecule has 0 aliphatic carbocycles. The Kier molecular flexibility index (Phi) is 6.31. The highest BCUT2D eigenvalue weighted by atomic mass is 16.5. The van der Waals surface area contributed by atoms with E-state index in [0.717, 1.165) is 17.9 Å². The van der Waals surface area contributed by atoms with Gasteiger partial charge in [0.2, 0.25) is 5.91 Å². The van der Waals surface area contributed by atoms with Crippen LogP contribution in [-0.2, 0) is 4.79 Å². The maximum Gasteiger partial charge on any atom is 0.237 e. The maximum atomic E-state index is 11.3. The molecule has 5 nitrogen and oxygen atoms in total. The highest BCUT2D eigenvalue weighted by Crippen LogP contribution is 2.20. The molecule has 112 valence electrons. The zero-order chi connectivity index (χ0) is 15.0. The Labute approximate surface area is 120 Å². The lowest BCUT2D eigenvalue weighted by Crippen LogP contribution is -2.51. The van der Waals surface area contributed by atoms with Crippen molar-refractivity contribution in [2.24, 2.45) is 5.73 Å². The van der Waals surface area contributed by atoms with Gasteiger partial charge in [-0.05, 0) is 45.9 Å². The summed E-state index contributed by atoms with van der Waals surface area (Å²) < 4.78 is 11.1.